The number of halogens is 2. The molecule has 0 bridgehead atoms. The highest BCUT2D eigenvalue weighted by molar-refractivity contribution is 6.39. The molecule has 4 heterocycles. The number of nitrogens with one attached hydrogen (secondary N) is 4. The molecule has 1 aromatic heterocycles. The number of carbonyl (C=O) groups is 3. The lowest BCUT2D eigenvalue weighted by Gasteiger charge is -2.20. The fourth-order valence-corrected chi connectivity index (χ4v) is 7.57. The van der Waals surface area contributed by atoms with Crippen LogP contribution in [0.4, 0.5) is 5.69 Å². The molecule has 0 radical (unpaired) electrons. The van der Waals surface area contributed by atoms with E-state index in [9.17, 15) is 14.4 Å². The second-order valence-electron chi connectivity index (χ2n) is 12.9. The minimum atomic E-state index is -0.106. The Morgan fingerprint density at radius 3 is 2.14 bits per heavy atom. The Morgan fingerprint density at radius 2 is 1.46 bits per heavy atom. The topological polar surface area (TPSA) is 125 Å². The number of rotatable bonds is 12. The van der Waals surface area contributed by atoms with Crippen molar-refractivity contribution in [3.05, 3.63) is 99.0 Å². The molecule has 0 aliphatic carbocycles. The van der Waals surface area contributed by atoms with E-state index in [1.54, 1.807) is 12.0 Å². The Balaban J connectivity index is 1.07. The van der Waals surface area contributed by atoms with Crippen LogP contribution in [0.15, 0.2) is 66.7 Å². The molecule has 3 aliphatic heterocycles. The standard InChI is InChI=1S/C38H38Cl2N6O4/c1-50-37-23(18-42-20-26-11-15-34(48)44-26)9-13-31(45-37)30-6-2-4-28(35(30)39)29-5-3-7-32(36(29)40)46-21-24-16-22(8-12-27(24)38(46)49)17-41-19-25-10-14-33(47)43-25/h2-9,12-13,16,25-26,41-42H,10-11,14-15,17-21H2,1H3,(H,43,47)(H,44,48)/t25-,26+/m0/s1. The molecule has 12 heteroatoms. The lowest BCUT2D eigenvalue weighted by molar-refractivity contribution is -0.120. The van der Waals surface area contributed by atoms with E-state index in [0.717, 1.165) is 40.7 Å². The minimum absolute atomic E-state index is 0.0924. The molecular weight excluding hydrogens is 675 g/mol. The van der Waals surface area contributed by atoms with Gasteiger partial charge in [0.2, 0.25) is 17.7 Å². The zero-order valence-electron chi connectivity index (χ0n) is 27.7. The fourth-order valence-electron chi connectivity index (χ4n) is 6.92. The number of hydrogen-bond acceptors (Lipinski definition) is 7. The summed E-state index contributed by atoms with van der Waals surface area (Å²) in [6.07, 6.45) is 2.81. The number of pyridine rings is 1. The van der Waals surface area contributed by atoms with Crippen LogP contribution in [0.1, 0.15) is 52.7 Å². The third-order valence-corrected chi connectivity index (χ3v) is 10.3. The van der Waals surface area contributed by atoms with Crippen LogP contribution in [0.2, 0.25) is 10.0 Å². The summed E-state index contributed by atoms with van der Waals surface area (Å²) in [6.45, 7) is 2.95. The average Bonchev–Trinajstić information content (AvgIpc) is 3.83. The summed E-state index contributed by atoms with van der Waals surface area (Å²) in [6, 6.07) is 21.4. The highest BCUT2D eigenvalue weighted by Crippen LogP contribution is 2.43. The van der Waals surface area contributed by atoms with Crippen molar-refractivity contribution >= 4 is 46.6 Å². The molecule has 2 atom stereocenters. The normalized spacial score (nSPS) is 18.4. The molecule has 2 saturated heterocycles. The van der Waals surface area contributed by atoms with E-state index in [2.05, 4.69) is 27.3 Å². The maximum atomic E-state index is 13.6. The summed E-state index contributed by atoms with van der Waals surface area (Å²) in [5.41, 5.74) is 6.96. The van der Waals surface area contributed by atoms with Gasteiger partial charge in [-0.2, -0.15) is 0 Å². The van der Waals surface area contributed by atoms with Gasteiger partial charge in [0.05, 0.1) is 35.1 Å². The van der Waals surface area contributed by atoms with Gasteiger partial charge in [0.1, 0.15) is 0 Å². The van der Waals surface area contributed by atoms with Crippen molar-refractivity contribution in [1.82, 2.24) is 26.3 Å². The maximum absolute atomic E-state index is 13.6. The van der Waals surface area contributed by atoms with E-state index in [4.69, 9.17) is 32.9 Å². The van der Waals surface area contributed by atoms with Crippen molar-refractivity contribution in [3.63, 3.8) is 0 Å². The van der Waals surface area contributed by atoms with E-state index in [-0.39, 0.29) is 29.8 Å². The number of anilines is 1. The van der Waals surface area contributed by atoms with Gasteiger partial charge in [-0.25, -0.2) is 4.98 Å². The van der Waals surface area contributed by atoms with Crippen LogP contribution in [0.25, 0.3) is 22.4 Å². The number of amides is 3. The highest BCUT2D eigenvalue weighted by Gasteiger charge is 2.31. The van der Waals surface area contributed by atoms with E-state index in [0.29, 0.717) is 84.0 Å². The SMILES string of the molecule is COc1nc(-c2cccc(-c3cccc(N4Cc5cc(CNC[C@@H]6CCC(=O)N6)ccc5C4=O)c3Cl)c2Cl)ccc1CNC[C@H]1CCC(=O)N1. The zero-order chi connectivity index (χ0) is 34.8. The van der Waals surface area contributed by atoms with Gasteiger partial charge in [0.25, 0.3) is 5.91 Å². The Morgan fingerprint density at radius 1 is 0.800 bits per heavy atom. The number of nitrogens with zero attached hydrogens (tertiary/aromatic N) is 2. The number of hydrogen-bond donors (Lipinski definition) is 4. The number of ether oxygens (including phenoxy) is 1. The van der Waals surface area contributed by atoms with Crippen LogP contribution in [-0.2, 0) is 29.2 Å². The first-order valence-electron chi connectivity index (χ1n) is 16.8. The van der Waals surface area contributed by atoms with Crippen LogP contribution in [0.5, 0.6) is 5.88 Å². The Labute approximate surface area is 300 Å². The fraction of sp³-hybridized carbons (Fsp3) is 0.316. The van der Waals surface area contributed by atoms with Gasteiger partial charge in [0.15, 0.2) is 0 Å². The lowest BCUT2D eigenvalue weighted by Crippen LogP contribution is -2.35. The smallest absolute Gasteiger partial charge is 0.258 e. The predicted molar refractivity (Wildman–Crippen MR) is 194 cm³/mol. The largest absolute Gasteiger partial charge is 0.481 e. The van der Waals surface area contributed by atoms with Crippen molar-refractivity contribution in [2.75, 3.05) is 25.1 Å². The van der Waals surface area contributed by atoms with Gasteiger partial charge >= 0.3 is 0 Å². The van der Waals surface area contributed by atoms with Crippen LogP contribution in [0.3, 0.4) is 0 Å². The number of aromatic nitrogens is 1. The van der Waals surface area contributed by atoms with Crippen molar-refractivity contribution in [1.29, 1.82) is 0 Å². The van der Waals surface area contributed by atoms with Gasteiger partial charge in [0, 0.05) is 78.9 Å². The Hall–Kier alpha value is -4.48. The van der Waals surface area contributed by atoms with Gasteiger partial charge < -0.3 is 30.9 Å². The number of carbonyl (C=O) groups excluding carboxylic acids is 3. The summed E-state index contributed by atoms with van der Waals surface area (Å²) in [7, 11) is 1.59. The number of fused-ring (bicyclic) bond motifs is 1. The average molecular weight is 714 g/mol. The maximum Gasteiger partial charge on any atom is 0.258 e. The lowest BCUT2D eigenvalue weighted by atomic mass is 10.00. The van der Waals surface area contributed by atoms with Crippen LogP contribution >= 0.6 is 23.2 Å². The van der Waals surface area contributed by atoms with Gasteiger partial charge in [-0.1, -0.05) is 71.7 Å². The number of benzene rings is 3. The molecule has 0 unspecified atom stereocenters. The zero-order valence-corrected chi connectivity index (χ0v) is 29.2. The van der Waals surface area contributed by atoms with Gasteiger partial charge in [-0.05, 0) is 42.2 Å². The van der Waals surface area contributed by atoms with Crippen molar-refractivity contribution in [2.45, 2.75) is 57.4 Å². The van der Waals surface area contributed by atoms with Crippen molar-refractivity contribution in [3.8, 4) is 28.3 Å². The number of methoxy groups -OCH3 is 1. The van der Waals surface area contributed by atoms with E-state index >= 15 is 0 Å². The molecule has 3 amide bonds. The summed E-state index contributed by atoms with van der Waals surface area (Å²) in [4.78, 5) is 43.1. The second kappa shape index (κ2) is 14.8. The molecule has 3 aliphatic rings. The summed E-state index contributed by atoms with van der Waals surface area (Å²) in [5.74, 6) is 0.577. The third-order valence-electron chi connectivity index (χ3n) is 9.54. The molecule has 4 aromatic rings. The molecular formula is C38H38Cl2N6O4. The molecule has 10 nitrogen and oxygen atoms in total. The quantitative estimate of drug-likeness (QED) is 0.150. The minimum Gasteiger partial charge on any atom is -0.481 e. The van der Waals surface area contributed by atoms with Crippen LogP contribution in [0, 0.1) is 0 Å². The first-order valence-corrected chi connectivity index (χ1v) is 17.6. The molecule has 0 spiro atoms. The van der Waals surface area contributed by atoms with Gasteiger partial charge in [-0.3, -0.25) is 14.4 Å². The molecule has 2 fully saturated rings. The molecule has 50 heavy (non-hydrogen) atoms. The predicted octanol–water partition coefficient (Wildman–Crippen LogP) is 5.63. The van der Waals surface area contributed by atoms with Crippen molar-refractivity contribution in [2.24, 2.45) is 0 Å². The molecule has 0 saturated carbocycles. The molecule has 258 valence electrons. The monoisotopic (exact) mass is 712 g/mol. The Bertz CT molecular complexity index is 1970. The molecule has 3 aromatic carbocycles. The first-order chi connectivity index (χ1) is 24.3. The van der Waals surface area contributed by atoms with E-state index in [1.165, 1.54) is 0 Å². The van der Waals surface area contributed by atoms with Crippen LogP contribution in [-0.4, -0.2) is 55.0 Å². The molecule has 7 rings (SSSR count). The first kappa shape index (κ1) is 34.0. The molecule has 4 N–H and O–H groups in total. The summed E-state index contributed by atoms with van der Waals surface area (Å²) in [5, 5.41) is 13.7. The van der Waals surface area contributed by atoms with Gasteiger partial charge in [-0.15, -0.1) is 0 Å². The van der Waals surface area contributed by atoms with Crippen molar-refractivity contribution < 1.29 is 19.1 Å². The summed E-state index contributed by atoms with van der Waals surface area (Å²) >= 11 is 14.2. The summed E-state index contributed by atoms with van der Waals surface area (Å²) < 4.78 is 5.64. The highest BCUT2D eigenvalue weighted by atomic mass is 35.5. The Kier molecular flexibility index (Phi) is 10.1. The van der Waals surface area contributed by atoms with E-state index in [1.807, 2.05) is 60.7 Å². The van der Waals surface area contributed by atoms with Crippen LogP contribution < -0.4 is 30.9 Å². The third kappa shape index (κ3) is 7.07. The van der Waals surface area contributed by atoms with E-state index < -0.39 is 0 Å². The second-order valence-corrected chi connectivity index (χ2v) is 13.7.